The summed E-state index contributed by atoms with van der Waals surface area (Å²) in [6, 6.07) is 0. The average Bonchev–Trinajstić information content (AvgIpc) is 2.81. The van der Waals surface area contributed by atoms with Crippen molar-refractivity contribution in [2.24, 2.45) is 5.73 Å². The van der Waals surface area contributed by atoms with Gasteiger partial charge in [0, 0.05) is 26.1 Å². The molecule has 0 bridgehead atoms. The van der Waals surface area contributed by atoms with E-state index in [1.807, 2.05) is 0 Å². The number of aromatic nitrogens is 3. The van der Waals surface area contributed by atoms with Crippen molar-refractivity contribution < 1.29 is 4.79 Å². The Morgan fingerprint density at radius 1 is 1.28 bits per heavy atom. The van der Waals surface area contributed by atoms with E-state index in [1.165, 1.54) is 0 Å². The van der Waals surface area contributed by atoms with Crippen molar-refractivity contribution in [3.8, 4) is 0 Å². The molecule has 0 unspecified atom stereocenters. The summed E-state index contributed by atoms with van der Waals surface area (Å²) in [7, 11) is 0. The molecular formula is C10H17N7O. The number of nitrogens with zero attached hydrogens (tertiary/aromatic N) is 4. The zero-order valence-corrected chi connectivity index (χ0v) is 10.1. The predicted octanol–water partition coefficient (Wildman–Crippen LogP) is -0.659. The Hall–Kier alpha value is -2.12. The van der Waals surface area contributed by atoms with Crippen LogP contribution in [0.5, 0.6) is 0 Å². The summed E-state index contributed by atoms with van der Waals surface area (Å²) in [4.78, 5) is 25.0. The minimum Gasteiger partial charge on any atom is -0.370 e. The van der Waals surface area contributed by atoms with Crippen LogP contribution in [0.4, 0.5) is 17.8 Å². The summed E-state index contributed by atoms with van der Waals surface area (Å²) in [5, 5.41) is 2.91. The fraction of sp³-hybridized carbons (Fsp3) is 0.600. The van der Waals surface area contributed by atoms with Gasteiger partial charge in [0.05, 0.1) is 0 Å². The van der Waals surface area contributed by atoms with Crippen LogP contribution in [-0.2, 0) is 4.79 Å². The molecule has 0 saturated carbocycles. The minimum absolute atomic E-state index is 0.175. The quantitative estimate of drug-likeness (QED) is 0.634. The maximum atomic E-state index is 10.6. The van der Waals surface area contributed by atoms with Crippen molar-refractivity contribution in [1.82, 2.24) is 15.0 Å². The van der Waals surface area contributed by atoms with Crippen molar-refractivity contribution in [3.05, 3.63) is 0 Å². The molecule has 0 aromatic carbocycles. The van der Waals surface area contributed by atoms with Gasteiger partial charge in [-0.3, -0.25) is 4.79 Å². The molecule has 1 aromatic heterocycles. The molecule has 1 amide bonds. The highest BCUT2D eigenvalue weighted by atomic mass is 16.1. The summed E-state index contributed by atoms with van der Waals surface area (Å²) in [5.41, 5.74) is 10.7. The van der Waals surface area contributed by atoms with Gasteiger partial charge in [-0.25, -0.2) is 0 Å². The van der Waals surface area contributed by atoms with Crippen LogP contribution in [-0.4, -0.2) is 40.5 Å². The largest absolute Gasteiger partial charge is 0.370 e. The third-order valence-corrected chi connectivity index (χ3v) is 2.68. The molecule has 2 heterocycles. The van der Waals surface area contributed by atoms with Crippen LogP contribution < -0.4 is 21.7 Å². The van der Waals surface area contributed by atoms with E-state index in [-0.39, 0.29) is 18.3 Å². The van der Waals surface area contributed by atoms with Crippen LogP contribution >= 0.6 is 0 Å². The Balaban J connectivity index is 2.03. The third kappa shape index (κ3) is 3.19. The first kappa shape index (κ1) is 12.3. The first-order chi connectivity index (χ1) is 8.65. The smallest absolute Gasteiger partial charge is 0.231 e. The third-order valence-electron chi connectivity index (χ3n) is 2.68. The number of anilines is 3. The maximum Gasteiger partial charge on any atom is 0.231 e. The van der Waals surface area contributed by atoms with E-state index in [2.05, 4.69) is 25.2 Å². The van der Waals surface area contributed by atoms with E-state index in [9.17, 15) is 4.79 Å². The Bertz CT molecular complexity index is 430. The molecule has 1 aliphatic rings. The molecule has 1 aromatic rings. The number of nitrogens with two attached hydrogens (primary N) is 2. The summed E-state index contributed by atoms with van der Waals surface area (Å²) < 4.78 is 0. The van der Waals surface area contributed by atoms with Crippen LogP contribution in [0, 0.1) is 0 Å². The number of hydrogen-bond donors (Lipinski definition) is 3. The summed E-state index contributed by atoms with van der Waals surface area (Å²) in [5.74, 6) is 0.769. The lowest BCUT2D eigenvalue weighted by Gasteiger charge is -2.15. The minimum atomic E-state index is -0.371. The van der Waals surface area contributed by atoms with Crippen molar-refractivity contribution in [1.29, 1.82) is 0 Å². The molecule has 1 aliphatic heterocycles. The second-order valence-electron chi connectivity index (χ2n) is 4.15. The molecule has 18 heavy (non-hydrogen) atoms. The van der Waals surface area contributed by atoms with Crippen LogP contribution in [0.1, 0.15) is 19.3 Å². The average molecular weight is 251 g/mol. The Morgan fingerprint density at radius 2 is 2.00 bits per heavy atom. The monoisotopic (exact) mass is 251 g/mol. The standard InChI is InChI=1S/C10H17N7O/c11-7(18)3-4-13-9-14-8(12)15-10(16-9)17-5-1-2-6-17/h1-6H2,(H2,11,18)(H3,12,13,14,15,16). The Labute approximate surface area is 105 Å². The summed E-state index contributed by atoms with van der Waals surface area (Å²) in [6.45, 7) is 2.26. The van der Waals surface area contributed by atoms with Gasteiger partial charge in [0.1, 0.15) is 0 Å². The fourth-order valence-corrected chi connectivity index (χ4v) is 1.82. The van der Waals surface area contributed by atoms with E-state index in [0.717, 1.165) is 25.9 Å². The van der Waals surface area contributed by atoms with Crippen molar-refractivity contribution >= 4 is 23.8 Å². The predicted molar refractivity (Wildman–Crippen MR) is 68.0 cm³/mol. The first-order valence-electron chi connectivity index (χ1n) is 5.94. The number of hydrogen-bond acceptors (Lipinski definition) is 7. The molecule has 1 fully saturated rings. The number of primary amides is 1. The van der Waals surface area contributed by atoms with Gasteiger partial charge in [0.15, 0.2) is 0 Å². The summed E-state index contributed by atoms with van der Waals surface area (Å²) in [6.07, 6.45) is 2.50. The van der Waals surface area contributed by atoms with Gasteiger partial charge >= 0.3 is 0 Å². The van der Waals surface area contributed by atoms with Gasteiger partial charge in [-0.1, -0.05) is 0 Å². The van der Waals surface area contributed by atoms with E-state index in [4.69, 9.17) is 11.5 Å². The lowest BCUT2D eigenvalue weighted by atomic mass is 10.4. The first-order valence-corrected chi connectivity index (χ1v) is 5.94. The number of rotatable bonds is 5. The molecule has 5 N–H and O–H groups in total. The normalized spacial score (nSPS) is 14.8. The van der Waals surface area contributed by atoms with Crippen LogP contribution in [0.2, 0.25) is 0 Å². The lowest BCUT2D eigenvalue weighted by Crippen LogP contribution is -2.23. The molecule has 8 nitrogen and oxygen atoms in total. The van der Waals surface area contributed by atoms with Gasteiger partial charge in [-0.05, 0) is 12.8 Å². The van der Waals surface area contributed by atoms with Gasteiger partial charge in [-0.2, -0.15) is 15.0 Å². The maximum absolute atomic E-state index is 10.6. The number of carbonyl (C=O) groups excluding carboxylic acids is 1. The second kappa shape index (κ2) is 5.48. The highest BCUT2D eigenvalue weighted by Crippen LogP contribution is 2.17. The number of nitrogen functional groups attached to an aromatic ring is 1. The van der Waals surface area contributed by atoms with Gasteiger partial charge in [0.25, 0.3) is 0 Å². The van der Waals surface area contributed by atoms with E-state index < -0.39 is 0 Å². The zero-order valence-electron chi connectivity index (χ0n) is 10.1. The molecule has 1 saturated heterocycles. The van der Waals surface area contributed by atoms with E-state index in [0.29, 0.717) is 18.4 Å². The molecular weight excluding hydrogens is 234 g/mol. The van der Waals surface area contributed by atoms with Crippen molar-refractivity contribution in [2.75, 3.05) is 35.6 Å². The number of carbonyl (C=O) groups is 1. The van der Waals surface area contributed by atoms with E-state index in [1.54, 1.807) is 0 Å². The highest BCUT2D eigenvalue weighted by molar-refractivity contribution is 5.74. The van der Waals surface area contributed by atoms with Gasteiger partial charge in [0.2, 0.25) is 23.8 Å². The van der Waals surface area contributed by atoms with Crippen LogP contribution in [0.15, 0.2) is 0 Å². The van der Waals surface area contributed by atoms with Gasteiger partial charge in [-0.15, -0.1) is 0 Å². The van der Waals surface area contributed by atoms with Crippen molar-refractivity contribution in [2.45, 2.75) is 19.3 Å². The Kier molecular flexibility index (Phi) is 3.75. The lowest BCUT2D eigenvalue weighted by molar-refractivity contribution is -0.117. The topological polar surface area (TPSA) is 123 Å². The van der Waals surface area contributed by atoms with Crippen molar-refractivity contribution in [3.63, 3.8) is 0 Å². The van der Waals surface area contributed by atoms with E-state index >= 15 is 0 Å². The number of amides is 1. The van der Waals surface area contributed by atoms with Gasteiger partial charge < -0.3 is 21.7 Å². The zero-order chi connectivity index (χ0) is 13.0. The second-order valence-corrected chi connectivity index (χ2v) is 4.15. The van der Waals surface area contributed by atoms with Crippen LogP contribution in [0.25, 0.3) is 0 Å². The molecule has 0 radical (unpaired) electrons. The molecule has 2 rings (SSSR count). The van der Waals surface area contributed by atoms with Crippen LogP contribution in [0.3, 0.4) is 0 Å². The molecule has 0 atom stereocenters. The SMILES string of the molecule is NC(=O)CCNc1nc(N)nc(N2CCCC2)n1. The summed E-state index contributed by atoms with van der Waals surface area (Å²) >= 11 is 0. The Morgan fingerprint density at radius 3 is 2.67 bits per heavy atom. The fourth-order valence-electron chi connectivity index (χ4n) is 1.82. The number of nitrogens with one attached hydrogen (secondary N) is 1. The molecule has 8 heteroatoms. The highest BCUT2D eigenvalue weighted by Gasteiger charge is 2.16. The molecule has 0 aliphatic carbocycles. The molecule has 98 valence electrons. The molecule has 0 spiro atoms.